The molecule has 84 valence electrons. The topological polar surface area (TPSA) is 24.9 Å². The summed E-state index contributed by atoms with van der Waals surface area (Å²) in [5.41, 5.74) is 1.63. The van der Waals surface area contributed by atoms with Gasteiger partial charge in [0.15, 0.2) is 0 Å². The summed E-state index contributed by atoms with van der Waals surface area (Å²) in [6.45, 7) is 4.12. The highest BCUT2D eigenvalue weighted by atomic mass is 79.9. The van der Waals surface area contributed by atoms with E-state index in [-0.39, 0.29) is 5.82 Å². The lowest BCUT2D eigenvalue weighted by atomic mass is 10.1. The summed E-state index contributed by atoms with van der Waals surface area (Å²) in [6, 6.07) is 5.41. The Bertz CT molecular complexity index is 526. The highest BCUT2D eigenvalue weighted by Crippen LogP contribution is 2.27. The molecular formula is C12H12BrFN2. The van der Waals surface area contributed by atoms with Gasteiger partial charge in [-0.05, 0) is 41.9 Å². The van der Waals surface area contributed by atoms with E-state index in [0.29, 0.717) is 16.0 Å². The lowest BCUT2D eigenvalue weighted by Crippen LogP contribution is -2.10. The molecule has 0 bridgehead atoms. The highest BCUT2D eigenvalue weighted by Gasteiger charge is 2.07. The van der Waals surface area contributed by atoms with Gasteiger partial charge in [-0.25, -0.2) is 4.39 Å². The normalized spacial score (nSPS) is 11.1. The summed E-state index contributed by atoms with van der Waals surface area (Å²) >= 11 is 3.19. The van der Waals surface area contributed by atoms with Gasteiger partial charge in [0.05, 0.1) is 9.99 Å². The second-order valence-electron chi connectivity index (χ2n) is 3.94. The van der Waals surface area contributed by atoms with Crippen LogP contribution >= 0.6 is 15.9 Å². The molecule has 1 aromatic heterocycles. The first-order chi connectivity index (χ1) is 7.58. The zero-order valence-corrected chi connectivity index (χ0v) is 10.7. The number of aromatic nitrogens is 1. The van der Waals surface area contributed by atoms with Crippen molar-refractivity contribution in [1.29, 1.82) is 0 Å². The minimum Gasteiger partial charge on any atom is -0.382 e. The fraction of sp³-hybridized carbons (Fsp3) is 0.250. The SMILES string of the molecule is CC(C)Nc1ccnc2cc(F)c(Br)cc12. The van der Waals surface area contributed by atoms with Crippen LogP contribution in [0.25, 0.3) is 10.9 Å². The molecular weight excluding hydrogens is 271 g/mol. The molecule has 2 rings (SSSR count). The highest BCUT2D eigenvalue weighted by molar-refractivity contribution is 9.10. The first kappa shape index (κ1) is 11.3. The zero-order chi connectivity index (χ0) is 11.7. The summed E-state index contributed by atoms with van der Waals surface area (Å²) < 4.78 is 13.8. The van der Waals surface area contributed by atoms with Gasteiger partial charge < -0.3 is 5.32 Å². The van der Waals surface area contributed by atoms with Crippen LogP contribution in [0.15, 0.2) is 28.9 Å². The molecule has 2 nitrogen and oxygen atoms in total. The molecule has 0 unspecified atom stereocenters. The Morgan fingerprint density at radius 3 is 2.81 bits per heavy atom. The van der Waals surface area contributed by atoms with Gasteiger partial charge in [0, 0.05) is 29.4 Å². The molecule has 16 heavy (non-hydrogen) atoms. The van der Waals surface area contributed by atoms with Crippen molar-refractivity contribution in [3.63, 3.8) is 0 Å². The zero-order valence-electron chi connectivity index (χ0n) is 9.09. The van der Waals surface area contributed by atoms with Crippen molar-refractivity contribution in [3.8, 4) is 0 Å². The third kappa shape index (κ3) is 2.16. The molecule has 0 aliphatic carbocycles. The number of nitrogens with one attached hydrogen (secondary N) is 1. The number of nitrogens with zero attached hydrogens (tertiary/aromatic N) is 1. The molecule has 0 aliphatic heterocycles. The molecule has 0 aliphatic rings. The standard InChI is InChI=1S/C12H12BrFN2/c1-7(2)16-11-3-4-15-12-6-10(14)9(13)5-8(11)12/h3-7H,1-2H3,(H,15,16). The van der Waals surface area contributed by atoms with Crippen molar-refractivity contribution in [1.82, 2.24) is 4.98 Å². The third-order valence-corrected chi connectivity index (χ3v) is 2.84. The summed E-state index contributed by atoms with van der Waals surface area (Å²) in [4.78, 5) is 4.15. The van der Waals surface area contributed by atoms with Crippen molar-refractivity contribution < 1.29 is 4.39 Å². The van der Waals surface area contributed by atoms with Gasteiger partial charge in [0.2, 0.25) is 0 Å². The minimum absolute atomic E-state index is 0.290. The van der Waals surface area contributed by atoms with Crippen LogP contribution in [-0.2, 0) is 0 Å². The van der Waals surface area contributed by atoms with E-state index in [0.717, 1.165) is 11.1 Å². The number of halogens is 2. The second-order valence-corrected chi connectivity index (χ2v) is 4.80. The van der Waals surface area contributed by atoms with Gasteiger partial charge >= 0.3 is 0 Å². The Morgan fingerprint density at radius 2 is 2.12 bits per heavy atom. The summed E-state index contributed by atoms with van der Waals surface area (Å²) in [5.74, 6) is -0.290. The van der Waals surface area contributed by atoms with E-state index in [1.165, 1.54) is 6.07 Å². The van der Waals surface area contributed by atoms with Crippen LogP contribution in [0, 0.1) is 5.82 Å². The van der Waals surface area contributed by atoms with Crippen molar-refractivity contribution in [2.45, 2.75) is 19.9 Å². The summed E-state index contributed by atoms with van der Waals surface area (Å²) in [6.07, 6.45) is 1.68. The van der Waals surface area contributed by atoms with Crippen molar-refractivity contribution in [2.24, 2.45) is 0 Å². The molecule has 2 aromatic rings. The fourth-order valence-corrected chi connectivity index (χ4v) is 1.92. The molecule has 0 radical (unpaired) electrons. The Labute approximate surface area is 102 Å². The molecule has 0 saturated heterocycles. The first-order valence-corrected chi connectivity index (χ1v) is 5.87. The van der Waals surface area contributed by atoms with E-state index in [4.69, 9.17) is 0 Å². The monoisotopic (exact) mass is 282 g/mol. The number of fused-ring (bicyclic) bond motifs is 1. The largest absolute Gasteiger partial charge is 0.382 e. The Balaban J connectivity index is 2.62. The Kier molecular flexibility index (Phi) is 3.10. The maximum atomic E-state index is 13.3. The van der Waals surface area contributed by atoms with Crippen LogP contribution in [0.4, 0.5) is 10.1 Å². The lowest BCUT2D eigenvalue weighted by Gasteiger charge is -2.12. The molecule has 0 saturated carbocycles. The van der Waals surface area contributed by atoms with Gasteiger partial charge in [0.1, 0.15) is 5.82 Å². The van der Waals surface area contributed by atoms with Crippen LogP contribution in [0.2, 0.25) is 0 Å². The molecule has 0 fully saturated rings. The van der Waals surface area contributed by atoms with E-state index < -0.39 is 0 Å². The van der Waals surface area contributed by atoms with Gasteiger partial charge in [-0.1, -0.05) is 0 Å². The van der Waals surface area contributed by atoms with Gasteiger partial charge in [-0.2, -0.15) is 0 Å². The number of hydrogen-bond donors (Lipinski definition) is 1. The molecule has 0 atom stereocenters. The van der Waals surface area contributed by atoms with Gasteiger partial charge in [0.25, 0.3) is 0 Å². The van der Waals surface area contributed by atoms with E-state index in [2.05, 4.69) is 40.1 Å². The van der Waals surface area contributed by atoms with Crippen LogP contribution in [-0.4, -0.2) is 11.0 Å². The lowest BCUT2D eigenvalue weighted by molar-refractivity contribution is 0.623. The third-order valence-electron chi connectivity index (χ3n) is 2.23. The van der Waals surface area contributed by atoms with Crippen molar-refractivity contribution >= 4 is 32.5 Å². The van der Waals surface area contributed by atoms with E-state index >= 15 is 0 Å². The Morgan fingerprint density at radius 1 is 1.38 bits per heavy atom. The molecule has 0 amide bonds. The quantitative estimate of drug-likeness (QED) is 0.902. The maximum absolute atomic E-state index is 13.3. The number of hydrogen-bond acceptors (Lipinski definition) is 2. The fourth-order valence-electron chi connectivity index (χ4n) is 1.58. The summed E-state index contributed by atoms with van der Waals surface area (Å²) in [5, 5.41) is 4.23. The average Bonchev–Trinajstić information content (AvgIpc) is 2.20. The van der Waals surface area contributed by atoms with Crippen LogP contribution < -0.4 is 5.32 Å². The second kappa shape index (κ2) is 4.37. The number of rotatable bonds is 2. The van der Waals surface area contributed by atoms with Crippen LogP contribution in [0.3, 0.4) is 0 Å². The first-order valence-electron chi connectivity index (χ1n) is 5.08. The van der Waals surface area contributed by atoms with E-state index in [1.54, 1.807) is 12.3 Å². The van der Waals surface area contributed by atoms with E-state index in [9.17, 15) is 4.39 Å². The molecule has 1 N–H and O–H groups in total. The van der Waals surface area contributed by atoms with Crippen LogP contribution in [0.1, 0.15) is 13.8 Å². The number of anilines is 1. The molecule has 1 aromatic carbocycles. The molecule has 0 spiro atoms. The van der Waals surface area contributed by atoms with Gasteiger partial charge in [-0.3, -0.25) is 4.98 Å². The van der Waals surface area contributed by atoms with Crippen LogP contribution in [0.5, 0.6) is 0 Å². The van der Waals surface area contributed by atoms with Crippen molar-refractivity contribution in [3.05, 3.63) is 34.7 Å². The Hall–Kier alpha value is -1.16. The predicted octanol–water partition coefficient (Wildman–Crippen LogP) is 3.96. The molecule has 1 heterocycles. The number of pyridine rings is 1. The molecule has 4 heteroatoms. The average molecular weight is 283 g/mol. The summed E-state index contributed by atoms with van der Waals surface area (Å²) in [7, 11) is 0. The minimum atomic E-state index is -0.290. The predicted molar refractivity (Wildman–Crippen MR) is 68.2 cm³/mol. The van der Waals surface area contributed by atoms with E-state index in [1.807, 2.05) is 6.07 Å². The van der Waals surface area contributed by atoms with Crippen molar-refractivity contribution in [2.75, 3.05) is 5.32 Å². The van der Waals surface area contributed by atoms with Gasteiger partial charge in [-0.15, -0.1) is 0 Å². The number of benzene rings is 1. The smallest absolute Gasteiger partial charge is 0.139 e. The maximum Gasteiger partial charge on any atom is 0.139 e.